The zero-order valence-electron chi connectivity index (χ0n) is 18.1. The number of benzene rings is 2. The Labute approximate surface area is 192 Å². The lowest BCUT2D eigenvalue weighted by Crippen LogP contribution is -2.21. The third kappa shape index (κ3) is 5.36. The van der Waals surface area contributed by atoms with E-state index in [9.17, 15) is 13.2 Å². The number of carbonyl (C=O) groups is 1. The van der Waals surface area contributed by atoms with Crippen molar-refractivity contribution in [3.05, 3.63) is 71.6 Å². The number of nitrogens with zero attached hydrogens (tertiary/aromatic N) is 4. The van der Waals surface area contributed by atoms with Gasteiger partial charge in [-0.1, -0.05) is 35.5 Å². The zero-order chi connectivity index (χ0) is 24.3. The Kier molecular flexibility index (Phi) is 6.53. The molecule has 2 heterocycles. The van der Waals surface area contributed by atoms with Gasteiger partial charge >= 0.3 is 12.1 Å². The highest BCUT2D eigenvalue weighted by molar-refractivity contribution is 5.76. The van der Waals surface area contributed by atoms with E-state index in [1.807, 2.05) is 36.4 Å². The highest BCUT2D eigenvalue weighted by Gasteiger charge is 2.38. The molecule has 0 bridgehead atoms. The van der Waals surface area contributed by atoms with E-state index in [1.165, 1.54) is 12.8 Å². The highest BCUT2D eigenvalue weighted by atomic mass is 19.4. The molecule has 8 nitrogen and oxygen atoms in total. The SMILES string of the molecule is COc1ccccc1Cc1noc(Cn2c(C3CC3)nc3ccccc32)n1.O=C(O)C(F)(F)F. The number of para-hydroxylation sites is 3. The van der Waals surface area contributed by atoms with Crippen molar-refractivity contribution in [2.45, 2.75) is 37.9 Å². The fourth-order valence-electron chi connectivity index (χ4n) is 3.49. The molecular formula is C23H21F3N4O4. The molecule has 1 N–H and O–H groups in total. The Morgan fingerprint density at radius 2 is 1.82 bits per heavy atom. The Morgan fingerprint density at radius 3 is 2.50 bits per heavy atom. The predicted molar refractivity (Wildman–Crippen MR) is 115 cm³/mol. The van der Waals surface area contributed by atoms with E-state index in [-0.39, 0.29) is 0 Å². The second kappa shape index (κ2) is 9.54. The summed E-state index contributed by atoms with van der Waals surface area (Å²) in [5.74, 6) is 1.01. The van der Waals surface area contributed by atoms with Crippen molar-refractivity contribution in [1.82, 2.24) is 19.7 Å². The molecular weight excluding hydrogens is 453 g/mol. The molecule has 34 heavy (non-hydrogen) atoms. The number of aromatic nitrogens is 4. The van der Waals surface area contributed by atoms with Crippen LogP contribution >= 0.6 is 0 Å². The summed E-state index contributed by atoms with van der Waals surface area (Å²) < 4.78 is 44.9. The Hall–Kier alpha value is -3.89. The lowest BCUT2D eigenvalue weighted by atomic mass is 10.1. The van der Waals surface area contributed by atoms with Crippen molar-refractivity contribution in [2.24, 2.45) is 0 Å². The number of alkyl halides is 3. The van der Waals surface area contributed by atoms with Gasteiger partial charge in [0.2, 0.25) is 5.89 Å². The summed E-state index contributed by atoms with van der Waals surface area (Å²) in [6, 6.07) is 16.1. The summed E-state index contributed by atoms with van der Waals surface area (Å²) in [5, 5.41) is 11.3. The van der Waals surface area contributed by atoms with Gasteiger partial charge in [0, 0.05) is 17.9 Å². The first kappa shape index (κ1) is 23.3. The van der Waals surface area contributed by atoms with Crippen molar-refractivity contribution in [1.29, 1.82) is 0 Å². The largest absolute Gasteiger partial charge is 0.496 e. The topological polar surface area (TPSA) is 103 Å². The van der Waals surface area contributed by atoms with Gasteiger partial charge in [-0.25, -0.2) is 9.78 Å². The minimum absolute atomic E-state index is 0.547. The second-order valence-corrected chi connectivity index (χ2v) is 7.72. The minimum atomic E-state index is -5.08. The van der Waals surface area contributed by atoms with E-state index in [2.05, 4.69) is 26.8 Å². The number of methoxy groups -OCH3 is 1. The van der Waals surface area contributed by atoms with Crippen LogP contribution < -0.4 is 4.74 Å². The van der Waals surface area contributed by atoms with Crippen LogP contribution in [0.4, 0.5) is 13.2 Å². The van der Waals surface area contributed by atoms with Crippen LogP contribution in [-0.4, -0.2) is 44.1 Å². The number of carboxylic acids is 1. The number of carboxylic acid groups (broad SMARTS) is 1. The zero-order valence-corrected chi connectivity index (χ0v) is 18.1. The first-order valence-corrected chi connectivity index (χ1v) is 10.4. The summed E-state index contributed by atoms with van der Waals surface area (Å²) >= 11 is 0. The highest BCUT2D eigenvalue weighted by Crippen LogP contribution is 2.40. The maximum atomic E-state index is 10.6. The molecule has 1 fully saturated rings. The first-order chi connectivity index (χ1) is 16.3. The number of rotatable bonds is 6. The second-order valence-electron chi connectivity index (χ2n) is 7.72. The molecule has 1 aliphatic rings. The Bertz CT molecular complexity index is 1290. The molecule has 0 unspecified atom stereocenters. The van der Waals surface area contributed by atoms with Crippen LogP contribution in [0.3, 0.4) is 0 Å². The number of hydrogen-bond acceptors (Lipinski definition) is 6. The van der Waals surface area contributed by atoms with Gasteiger partial charge in [0.05, 0.1) is 18.1 Å². The Morgan fingerprint density at radius 1 is 1.15 bits per heavy atom. The fourth-order valence-corrected chi connectivity index (χ4v) is 3.49. The molecule has 1 saturated carbocycles. The van der Waals surface area contributed by atoms with E-state index in [0.717, 1.165) is 28.2 Å². The molecule has 0 spiro atoms. The number of imidazole rings is 1. The van der Waals surface area contributed by atoms with Gasteiger partial charge in [0.25, 0.3) is 0 Å². The molecule has 0 amide bonds. The first-order valence-electron chi connectivity index (χ1n) is 10.4. The van der Waals surface area contributed by atoms with Gasteiger partial charge in [0.1, 0.15) is 18.1 Å². The lowest BCUT2D eigenvalue weighted by molar-refractivity contribution is -0.192. The summed E-state index contributed by atoms with van der Waals surface area (Å²) in [5.41, 5.74) is 3.18. The quantitative estimate of drug-likeness (QED) is 0.436. The summed E-state index contributed by atoms with van der Waals surface area (Å²) in [6.45, 7) is 0.547. The lowest BCUT2D eigenvalue weighted by Gasteiger charge is -2.05. The predicted octanol–water partition coefficient (Wildman–Crippen LogP) is 4.58. The van der Waals surface area contributed by atoms with E-state index in [1.54, 1.807) is 7.11 Å². The molecule has 11 heteroatoms. The average Bonchev–Trinajstić information content (AvgIpc) is 3.46. The molecule has 0 aliphatic heterocycles. The van der Waals surface area contributed by atoms with Crippen LogP contribution in [0.5, 0.6) is 5.75 Å². The fraction of sp³-hybridized carbons (Fsp3) is 0.304. The van der Waals surface area contributed by atoms with E-state index in [4.69, 9.17) is 24.1 Å². The van der Waals surface area contributed by atoms with Gasteiger partial charge in [-0.2, -0.15) is 18.2 Å². The number of aliphatic carboxylic acids is 1. The van der Waals surface area contributed by atoms with Crippen molar-refractivity contribution in [3.63, 3.8) is 0 Å². The molecule has 0 saturated heterocycles. The van der Waals surface area contributed by atoms with Gasteiger partial charge in [-0.05, 0) is 31.0 Å². The molecule has 0 atom stereocenters. The van der Waals surface area contributed by atoms with E-state index in [0.29, 0.717) is 30.6 Å². The summed E-state index contributed by atoms with van der Waals surface area (Å²) in [6.07, 6.45) is -2.11. The third-order valence-corrected chi connectivity index (χ3v) is 5.21. The van der Waals surface area contributed by atoms with Crippen LogP contribution in [0.1, 0.15) is 41.9 Å². The maximum Gasteiger partial charge on any atom is 0.490 e. The number of ether oxygens (including phenoxy) is 1. The standard InChI is InChI=1S/C21H20N4O2.C2HF3O2/c1-26-18-9-5-2-6-15(18)12-19-23-20(27-24-19)13-25-17-8-4-3-7-16(17)22-21(25)14-10-11-14;3-2(4,5)1(6)7/h2-9,14H,10-13H2,1H3;(H,6,7). The van der Waals surface area contributed by atoms with Gasteiger partial charge in [-0.3, -0.25) is 0 Å². The van der Waals surface area contributed by atoms with Crippen LogP contribution in [-0.2, 0) is 17.8 Å². The van der Waals surface area contributed by atoms with Crippen LogP contribution in [0.25, 0.3) is 11.0 Å². The molecule has 178 valence electrons. The molecule has 1 aliphatic carbocycles. The number of halogens is 3. The molecule has 4 aromatic rings. The average molecular weight is 474 g/mol. The monoisotopic (exact) mass is 474 g/mol. The van der Waals surface area contributed by atoms with Gasteiger partial charge in [0.15, 0.2) is 5.82 Å². The smallest absolute Gasteiger partial charge is 0.490 e. The minimum Gasteiger partial charge on any atom is -0.496 e. The van der Waals surface area contributed by atoms with E-state index < -0.39 is 12.1 Å². The number of hydrogen-bond donors (Lipinski definition) is 1. The normalized spacial score (nSPS) is 13.4. The van der Waals surface area contributed by atoms with Crippen LogP contribution in [0.15, 0.2) is 53.1 Å². The Balaban J connectivity index is 0.000000344. The van der Waals surface area contributed by atoms with Crippen molar-refractivity contribution < 1.29 is 32.3 Å². The van der Waals surface area contributed by atoms with E-state index >= 15 is 0 Å². The van der Waals surface area contributed by atoms with Gasteiger partial charge < -0.3 is 18.9 Å². The molecule has 5 rings (SSSR count). The van der Waals surface area contributed by atoms with Crippen molar-refractivity contribution >= 4 is 17.0 Å². The van der Waals surface area contributed by atoms with Crippen LogP contribution in [0.2, 0.25) is 0 Å². The van der Waals surface area contributed by atoms with Crippen LogP contribution in [0, 0.1) is 0 Å². The summed E-state index contributed by atoms with van der Waals surface area (Å²) in [4.78, 5) is 18.3. The van der Waals surface area contributed by atoms with Crippen molar-refractivity contribution in [2.75, 3.05) is 7.11 Å². The number of fused-ring (bicyclic) bond motifs is 1. The molecule has 0 radical (unpaired) electrons. The molecule has 2 aromatic heterocycles. The van der Waals surface area contributed by atoms with Crippen molar-refractivity contribution in [3.8, 4) is 5.75 Å². The third-order valence-electron chi connectivity index (χ3n) is 5.21. The summed E-state index contributed by atoms with van der Waals surface area (Å²) in [7, 11) is 1.67. The molecule has 2 aromatic carbocycles. The van der Waals surface area contributed by atoms with Gasteiger partial charge in [-0.15, -0.1) is 0 Å². The maximum absolute atomic E-state index is 10.6.